The molecule has 0 aromatic heterocycles. The van der Waals surface area contributed by atoms with Gasteiger partial charge in [0.1, 0.15) is 17.7 Å². The summed E-state index contributed by atoms with van der Waals surface area (Å²) in [7, 11) is 0. The van der Waals surface area contributed by atoms with Crippen molar-refractivity contribution >= 4 is 6.03 Å². The van der Waals surface area contributed by atoms with Crippen LogP contribution in [0.25, 0.3) is 0 Å². The minimum Gasteiger partial charge on any atom is -0.489 e. The van der Waals surface area contributed by atoms with Gasteiger partial charge in [0.25, 0.3) is 0 Å². The summed E-state index contributed by atoms with van der Waals surface area (Å²) in [4.78, 5) is 12.4. The van der Waals surface area contributed by atoms with Gasteiger partial charge in [-0.15, -0.1) is 0 Å². The Morgan fingerprint density at radius 3 is 2.75 bits per heavy atom. The topological polar surface area (TPSA) is 55.6 Å². The van der Waals surface area contributed by atoms with E-state index in [-0.39, 0.29) is 13.3 Å². The molecule has 1 aliphatic rings. The Hall–Kier alpha value is -1.78. The number of hydrogen-bond acceptors (Lipinski definition) is 2. The second kappa shape index (κ2) is 4.38. The van der Waals surface area contributed by atoms with E-state index in [1.165, 1.54) is 17.0 Å². The van der Waals surface area contributed by atoms with Crippen molar-refractivity contribution < 1.29 is 15.3 Å². The molecule has 16 heavy (non-hydrogen) atoms. The lowest BCUT2D eigenvalue weighted by Crippen LogP contribution is -2.35. The Kier molecular flexibility index (Phi) is 2.94. The van der Waals surface area contributed by atoms with E-state index in [2.05, 4.69) is 0 Å². The van der Waals surface area contributed by atoms with Crippen LogP contribution in [-0.4, -0.2) is 30.1 Å². The molecule has 1 heterocycles. The molecule has 1 aliphatic heterocycles. The quantitative estimate of drug-likeness (QED) is 0.832. The molecule has 2 amide bonds. The third-order valence-corrected chi connectivity index (χ3v) is 2.57. The van der Waals surface area contributed by atoms with Crippen molar-refractivity contribution in [3.63, 3.8) is 0 Å². The smallest absolute Gasteiger partial charge is 0.314 e. The summed E-state index contributed by atoms with van der Waals surface area (Å²) in [5.41, 5.74) is 5.16. The highest BCUT2D eigenvalue weighted by Crippen LogP contribution is 2.18. The van der Waals surface area contributed by atoms with Crippen molar-refractivity contribution in [3.05, 3.63) is 30.1 Å². The summed E-state index contributed by atoms with van der Waals surface area (Å²) < 4.78 is 18.2. The van der Waals surface area contributed by atoms with E-state index in [0.29, 0.717) is 18.8 Å². The molecule has 0 radical (unpaired) electrons. The van der Waals surface area contributed by atoms with Gasteiger partial charge in [-0.3, -0.25) is 0 Å². The number of rotatable bonds is 2. The largest absolute Gasteiger partial charge is 0.489 e. The molecule has 0 bridgehead atoms. The zero-order valence-corrected chi connectivity index (χ0v) is 8.73. The first-order chi connectivity index (χ1) is 7.65. The zero-order valence-electron chi connectivity index (χ0n) is 8.73. The average Bonchev–Trinajstić information content (AvgIpc) is 2.70. The van der Waals surface area contributed by atoms with Crippen LogP contribution in [0.15, 0.2) is 24.3 Å². The van der Waals surface area contributed by atoms with E-state index in [0.717, 1.165) is 6.42 Å². The molecule has 0 spiro atoms. The highest BCUT2D eigenvalue weighted by atomic mass is 19.1. The molecule has 0 saturated carbocycles. The number of likely N-dealkylation sites (tertiary alicyclic amines) is 1. The van der Waals surface area contributed by atoms with Crippen molar-refractivity contribution in [2.24, 2.45) is 5.73 Å². The van der Waals surface area contributed by atoms with Crippen molar-refractivity contribution in [2.75, 3.05) is 13.1 Å². The monoisotopic (exact) mass is 226 g/mol. The number of carbonyl (C=O) groups is 1. The number of nitrogens with zero attached hydrogens (tertiary/aromatic N) is 1. The normalized spacial score (nSPS) is 19.8. The summed E-state index contributed by atoms with van der Waals surface area (Å²) in [5, 5.41) is 0. The van der Waals surface area contributed by atoms with Gasteiger partial charge >= 0.3 is 6.03 Å². The third kappa shape index (κ3) is 2.42. The predicted octanol–water partition coefficient (Wildman–Crippen LogP) is 1.60. The molecule has 1 fully saturated rings. The highest BCUT2D eigenvalue weighted by Gasteiger charge is 2.25. The molecule has 88 valence electrons. The van der Waals surface area contributed by atoms with Crippen LogP contribution in [0.2, 0.25) is 0 Å². The molecule has 1 atom stereocenters. The van der Waals surface area contributed by atoms with Gasteiger partial charge in [-0.05, 0) is 24.3 Å². The van der Waals surface area contributed by atoms with Gasteiger partial charge in [0, 0.05) is 14.4 Å². The fourth-order valence-electron chi connectivity index (χ4n) is 1.73. The first-order valence-corrected chi connectivity index (χ1v) is 5.12. The lowest BCUT2D eigenvalue weighted by molar-refractivity contribution is 0.192. The SMILES string of the molecule is NC(=O)N1CCC(Oc2ccc(F)cc2)C1.[HH]. The van der Waals surface area contributed by atoms with E-state index in [9.17, 15) is 9.18 Å². The van der Waals surface area contributed by atoms with Crippen LogP contribution < -0.4 is 10.5 Å². The van der Waals surface area contributed by atoms with Crippen molar-refractivity contribution in [3.8, 4) is 5.75 Å². The fraction of sp³-hybridized carbons (Fsp3) is 0.364. The summed E-state index contributed by atoms with van der Waals surface area (Å²) in [6.07, 6.45) is 0.693. The van der Waals surface area contributed by atoms with Crippen LogP contribution in [0.3, 0.4) is 0 Å². The molecule has 1 unspecified atom stereocenters. The van der Waals surface area contributed by atoms with Gasteiger partial charge < -0.3 is 15.4 Å². The average molecular weight is 226 g/mol. The summed E-state index contributed by atoms with van der Waals surface area (Å²) in [6, 6.07) is 5.40. The number of benzene rings is 1. The molecule has 1 saturated heterocycles. The maximum absolute atomic E-state index is 12.6. The Balaban J connectivity index is 0.00000144. The Bertz CT molecular complexity index is 386. The number of primary amides is 1. The lowest BCUT2D eigenvalue weighted by atomic mass is 10.3. The van der Waals surface area contributed by atoms with E-state index < -0.39 is 6.03 Å². The third-order valence-electron chi connectivity index (χ3n) is 2.57. The molecule has 1 aromatic rings. The first-order valence-electron chi connectivity index (χ1n) is 5.12. The molecule has 1 aromatic carbocycles. The van der Waals surface area contributed by atoms with Gasteiger partial charge in [0.05, 0.1) is 6.54 Å². The molecular weight excluding hydrogens is 211 g/mol. The van der Waals surface area contributed by atoms with Crippen molar-refractivity contribution in [2.45, 2.75) is 12.5 Å². The number of hydrogen-bond donors (Lipinski definition) is 1. The Labute approximate surface area is 94.3 Å². The number of carbonyl (C=O) groups excluding carboxylic acids is 1. The lowest BCUT2D eigenvalue weighted by Gasteiger charge is -2.14. The van der Waals surface area contributed by atoms with Crippen LogP contribution in [0.1, 0.15) is 7.85 Å². The number of halogens is 1. The molecule has 0 aliphatic carbocycles. The van der Waals surface area contributed by atoms with Gasteiger partial charge in [-0.1, -0.05) is 0 Å². The molecule has 2 N–H and O–H groups in total. The highest BCUT2D eigenvalue weighted by molar-refractivity contribution is 5.72. The maximum atomic E-state index is 12.6. The summed E-state index contributed by atoms with van der Waals surface area (Å²) in [6.45, 7) is 1.11. The van der Waals surface area contributed by atoms with Gasteiger partial charge in [0.2, 0.25) is 0 Å². The van der Waals surface area contributed by atoms with Crippen molar-refractivity contribution in [1.29, 1.82) is 0 Å². The van der Waals surface area contributed by atoms with Crippen LogP contribution in [0.4, 0.5) is 9.18 Å². The Morgan fingerprint density at radius 2 is 2.19 bits per heavy atom. The van der Waals surface area contributed by atoms with E-state index in [1.54, 1.807) is 12.1 Å². The minimum absolute atomic E-state index is 0. The second-order valence-electron chi connectivity index (χ2n) is 3.77. The molecule has 2 rings (SSSR count). The van der Waals surface area contributed by atoms with Crippen LogP contribution in [-0.2, 0) is 0 Å². The van der Waals surface area contributed by atoms with Crippen LogP contribution >= 0.6 is 0 Å². The number of amides is 2. The van der Waals surface area contributed by atoms with Crippen LogP contribution in [0, 0.1) is 5.82 Å². The number of urea groups is 1. The number of nitrogens with two attached hydrogens (primary N) is 1. The molecule has 5 heteroatoms. The fourth-order valence-corrected chi connectivity index (χ4v) is 1.73. The maximum Gasteiger partial charge on any atom is 0.314 e. The van der Waals surface area contributed by atoms with Gasteiger partial charge in [0.15, 0.2) is 0 Å². The minimum atomic E-state index is -0.426. The summed E-state index contributed by atoms with van der Waals surface area (Å²) in [5.74, 6) is 0.315. The standard InChI is InChI=1S/C11H13FN2O2.H2/c12-8-1-3-9(4-2-8)16-10-5-6-14(7-10)11(13)15;/h1-4,10H,5-7H2,(H2,13,15);1H. The summed E-state index contributed by atoms with van der Waals surface area (Å²) >= 11 is 0. The van der Waals surface area contributed by atoms with E-state index in [4.69, 9.17) is 10.5 Å². The van der Waals surface area contributed by atoms with Gasteiger partial charge in [-0.2, -0.15) is 0 Å². The zero-order chi connectivity index (χ0) is 11.5. The molecule has 4 nitrogen and oxygen atoms in total. The molecular formula is C11H15FN2O2. The van der Waals surface area contributed by atoms with E-state index in [1.807, 2.05) is 0 Å². The van der Waals surface area contributed by atoms with E-state index >= 15 is 0 Å². The van der Waals surface area contributed by atoms with Crippen molar-refractivity contribution in [1.82, 2.24) is 4.90 Å². The van der Waals surface area contributed by atoms with Crippen LogP contribution in [0.5, 0.6) is 5.75 Å². The second-order valence-corrected chi connectivity index (χ2v) is 3.77. The predicted molar refractivity (Wildman–Crippen MR) is 58.7 cm³/mol. The van der Waals surface area contributed by atoms with Gasteiger partial charge in [-0.25, -0.2) is 9.18 Å². The Morgan fingerprint density at radius 1 is 1.50 bits per heavy atom. The first kappa shape index (κ1) is 10.7. The number of ether oxygens (including phenoxy) is 1.